The third-order valence-corrected chi connectivity index (χ3v) is 4.28. The lowest BCUT2D eigenvalue weighted by Crippen LogP contribution is -2.29. The number of halogens is 1. The highest BCUT2D eigenvalue weighted by atomic mass is 79.9. The Morgan fingerprint density at radius 1 is 1.59 bits per heavy atom. The summed E-state index contributed by atoms with van der Waals surface area (Å²) in [4.78, 5) is 11.3. The number of carbonyl (C=O) groups is 1. The highest BCUT2D eigenvalue weighted by Crippen LogP contribution is 2.25. The number of amides is 1. The van der Waals surface area contributed by atoms with Gasteiger partial charge in [0.05, 0.1) is 0 Å². The molecule has 0 bridgehead atoms. The molecule has 0 fully saturated rings. The molecule has 0 radical (unpaired) electrons. The molecule has 1 unspecified atom stereocenters. The summed E-state index contributed by atoms with van der Waals surface area (Å²) in [6.07, 6.45) is 0. The number of carbonyl (C=O) groups excluding carboxylic acids is 1. The predicted molar refractivity (Wildman–Crippen MR) is 75.6 cm³/mol. The molecule has 0 aliphatic heterocycles. The highest BCUT2D eigenvalue weighted by Gasteiger charge is 2.08. The zero-order valence-corrected chi connectivity index (χ0v) is 12.0. The number of nitrogen functional groups attached to an aromatic ring is 1. The van der Waals surface area contributed by atoms with Crippen LogP contribution in [-0.4, -0.2) is 17.7 Å². The summed E-state index contributed by atoms with van der Waals surface area (Å²) in [6, 6.07) is 5.45. The van der Waals surface area contributed by atoms with Gasteiger partial charge in [0.2, 0.25) is 0 Å². The highest BCUT2D eigenvalue weighted by molar-refractivity contribution is 9.10. The van der Waals surface area contributed by atoms with Crippen LogP contribution in [0.2, 0.25) is 0 Å². The van der Waals surface area contributed by atoms with Gasteiger partial charge in [-0.25, -0.2) is 5.84 Å². The van der Waals surface area contributed by atoms with E-state index < -0.39 is 0 Å². The van der Waals surface area contributed by atoms with Gasteiger partial charge in [0, 0.05) is 27.6 Å². The van der Waals surface area contributed by atoms with Gasteiger partial charge in [-0.1, -0.05) is 28.9 Å². The average molecular weight is 318 g/mol. The van der Waals surface area contributed by atoms with Crippen LogP contribution in [0.4, 0.5) is 0 Å². The molecule has 0 aliphatic carbocycles. The van der Waals surface area contributed by atoms with Gasteiger partial charge in [0.25, 0.3) is 5.91 Å². The number of hydrogen-bond acceptors (Lipinski definition) is 4. The van der Waals surface area contributed by atoms with Crippen LogP contribution in [-0.2, 0) is 5.75 Å². The quantitative estimate of drug-likeness (QED) is 0.438. The molecular formula is C11H16BrN3OS. The predicted octanol–water partition coefficient (Wildman–Crippen LogP) is 1.63. The van der Waals surface area contributed by atoms with Crippen LogP contribution < -0.4 is 17.0 Å². The summed E-state index contributed by atoms with van der Waals surface area (Å²) in [5.74, 6) is 5.65. The Hall–Kier alpha value is -0.560. The van der Waals surface area contributed by atoms with Crippen molar-refractivity contribution in [1.82, 2.24) is 5.43 Å². The maximum atomic E-state index is 11.3. The van der Waals surface area contributed by atoms with Gasteiger partial charge in [-0.3, -0.25) is 10.2 Å². The Labute approximate surface area is 114 Å². The molecule has 6 heteroatoms. The van der Waals surface area contributed by atoms with E-state index in [-0.39, 0.29) is 5.91 Å². The van der Waals surface area contributed by atoms with Gasteiger partial charge in [0.1, 0.15) is 0 Å². The Bertz CT molecular complexity index is 400. The van der Waals surface area contributed by atoms with E-state index in [0.29, 0.717) is 17.4 Å². The zero-order valence-electron chi connectivity index (χ0n) is 9.57. The molecule has 5 N–H and O–H groups in total. The second-order valence-electron chi connectivity index (χ2n) is 3.64. The molecule has 4 nitrogen and oxygen atoms in total. The van der Waals surface area contributed by atoms with E-state index in [1.54, 1.807) is 23.9 Å². The largest absolute Gasteiger partial charge is 0.329 e. The molecule has 0 spiro atoms. The number of rotatable bonds is 5. The molecule has 0 aliphatic rings. The first-order valence-electron chi connectivity index (χ1n) is 5.19. The molecule has 1 atom stereocenters. The first kappa shape index (κ1) is 14.5. The number of nitrogens with two attached hydrogens (primary N) is 2. The van der Waals surface area contributed by atoms with Crippen molar-refractivity contribution in [3.63, 3.8) is 0 Å². The molecule has 0 aromatic heterocycles. The zero-order chi connectivity index (χ0) is 12.8. The van der Waals surface area contributed by atoms with Crippen molar-refractivity contribution < 1.29 is 4.79 Å². The van der Waals surface area contributed by atoms with Gasteiger partial charge in [-0.15, -0.1) is 0 Å². The van der Waals surface area contributed by atoms with E-state index in [1.807, 2.05) is 6.07 Å². The van der Waals surface area contributed by atoms with Crippen molar-refractivity contribution in [3.8, 4) is 0 Å². The first-order chi connectivity index (χ1) is 8.08. The second kappa shape index (κ2) is 7.00. The van der Waals surface area contributed by atoms with Gasteiger partial charge in [-0.05, 0) is 17.7 Å². The number of thioether (sulfide) groups is 1. The SMILES string of the molecule is CC(CN)SCc1ccc(C(=O)NN)cc1Br. The minimum absolute atomic E-state index is 0.291. The summed E-state index contributed by atoms with van der Waals surface area (Å²) in [6.45, 7) is 2.75. The van der Waals surface area contributed by atoms with E-state index >= 15 is 0 Å². The number of benzene rings is 1. The number of hydrazine groups is 1. The first-order valence-corrected chi connectivity index (χ1v) is 7.03. The van der Waals surface area contributed by atoms with Crippen LogP contribution in [0.15, 0.2) is 22.7 Å². The Morgan fingerprint density at radius 2 is 2.29 bits per heavy atom. The molecule has 1 amide bonds. The van der Waals surface area contributed by atoms with E-state index in [2.05, 4.69) is 28.3 Å². The molecule has 1 aromatic rings. The van der Waals surface area contributed by atoms with E-state index in [0.717, 1.165) is 15.8 Å². The maximum absolute atomic E-state index is 11.3. The van der Waals surface area contributed by atoms with E-state index in [1.165, 1.54) is 0 Å². The molecule has 0 saturated heterocycles. The number of hydrogen-bond donors (Lipinski definition) is 3. The van der Waals surface area contributed by atoms with Crippen LogP contribution >= 0.6 is 27.7 Å². The van der Waals surface area contributed by atoms with Crippen molar-refractivity contribution >= 4 is 33.6 Å². The molecule has 0 saturated carbocycles. The normalized spacial score (nSPS) is 12.2. The Morgan fingerprint density at radius 3 is 2.82 bits per heavy atom. The van der Waals surface area contributed by atoms with Gasteiger partial charge < -0.3 is 5.73 Å². The van der Waals surface area contributed by atoms with Crippen LogP contribution in [0, 0.1) is 0 Å². The minimum Gasteiger partial charge on any atom is -0.329 e. The number of nitrogens with one attached hydrogen (secondary N) is 1. The lowest BCUT2D eigenvalue weighted by atomic mass is 10.1. The molecular weight excluding hydrogens is 302 g/mol. The molecule has 1 rings (SSSR count). The van der Waals surface area contributed by atoms with Crippen molar-refractivity contribution in [1.29, 1.82) is 0 Å². The van der Waals surface area contributed by atoms with E-state index in [4.69, 9.17) is 11.6 Å². The van der Waals surface area contributed by atoms with Gasteiger partial charge >= 0.3 is 0 Å². The van der Waals surface area contributed by atoms with Crippen molar-refractivity contribution in [2.75, 3.05) is 6.54 Å². The van der Waals surface area contributed by atoms with Gasteiger partial charge in [0.15, 0.2) is 0 Å². The summed E-state index contributed by atoms with van der Waals surface area (Å²) in [5, 5.41) is 0.425. The van der Waals surface area contributed by atoms with Crippen LogP contribution in [0.3, 0.4) is 0 Å². The van der Waals surface area contributed by atoms with Crippen molar-refractivity contribution in [3.05, 3.63) is 33.8 Å². The summed E-state index contributed by atoms with van der Waals surface area (Å²) < 4.78 is 0.912. The van der Waals surface area contributed by atoms with Crippen molar-refractivity contribution in [2.45, 2.75) is 17.9 Å². The van der Waals surface area contributed by atoms with Gasteiger partial charge in [-0.2, -0.15) is 11.8 Å². The van der Waals surface area contributed by atoms with E-state index in [9.17, 15) is 4.79 Å². The topological polar surface area (TPSA) is 81.1 Å². The van der Waals surface area contributed by atoms with Crippen LogP contribution in [0.5, 0.6) is 0 Å². The maximum Gasteiger partial charge on any atom is 0.265 e. The van der Waals surface area contributed by atoms with Crippen LogP contribution in [0.25, 0.3) is 0 Å². The third kappa shape index (κ3) is 4.31. The standard InChI is InChI=1S/C11H16BrN3OS/c1-7(5-13)17-6-9-3-2-8(4-10(9)12)11(16)15-14/h2-4,7H,5-6,13-14H2,1H3,(H,15,16). The fraction of sp³-hybridized carbons (Fsp3) is 0.364. The third-order valence-electron chi connectivity index (χ3n) is 2.30. The second-order valence-corrected chi connectivity index (χ2v) is 5.92. The molecule has 0 heterocycles. The molecule has 94 valence electrons. The smallest absolute Gasteiger partial charge is 0.265 e. The average Bonchev–Trinajstić information content (AvgIpc) is 2.35. The molecule has 1 aromatic carbocycles. The van der Waals surface area contributed by atoms with Crippen molar-refractivity contribution in [2.24, 2.45) is 11.6 Å². The fourth-order valence-electron chi connectivity index (χ4n) is 1.19. The monoisotopic (exact) mass is 317 g/mol. The summed E-state index contributed by atoms with van der Waals surface area (Å²) in [5.41, 5.74) is 9.35. The lowest BCUT2D eigenvalue weighted by Gasteiger charge is -2.10. The summed E-state index contributed by atoms with van der Waals surface area (Å²) >= 11 is 5.23. The Balaban J connectivity index is 2.73. The molecule has 17 heavy (non-hydrogen) atoms. The van der Waals surface area contributed by atoms with Crippen LogP contribution in [0.1, 0.15) is 22.8 Å². The Kier molecular flexibility index (Phi) is 5.97. The minimum atomic E-state index is -0.291. The summed E-state index contributed by atoms with van der Waals surface area (Å²) in [7, 11) is 0. The lowest BCUT2D eigenvalue weighted by molar-refractivity contribution is 0.0953. The fourth-order valence-corrected chi connectivity index (χ4v) is 2.75.